The summed E-state index contributed by atoms with van der Waals surface area (Å²) in [5.41, 5.74) is 8.43. The van der Waals surface area contributed by atoms with Crippen LogP contribution >= 0.6 is 0 Å². The van der Waals surface area contributed by atoms with Crippen LogP contribution in [0.5, 0.6) is 0 Å². The fourth-order valence-electron chi connectivity index (χ4n) is 7.22. The van der Waals surface area contributed by atoms with Crippen molar-refractivity contribution in [3.63, 3.8) is 0 Å². The van der Waals surface area contributed by atoms with Crippen molar-refractivity contribution < 1.29 is 34.4 Å². The van der Waals surface area contributed by atoms with Gasteiger partial charge in [-0.1, -0.05) is 117 Å². The predicted octanol–water partition coefficient (Wildman–Crippen LogP) is 12.8. The van der Waals surface area contributed by atoms with E-state index in [-0.39, 0.29) is 47.9 Å². The third-order valence-corrected chi connectivity index (χ3v) is 11.7. The molecule has 3 aromatic carbocycles. The van der Waals surface area contributed by atoms with Gasteiger partial charge in [-0.3, -0.25) is 9.78 Å². The van der Waals surface area contributed by atoms with E-state index in [1.807, 2.05) is 41.5 Å². The van der Waals surface area contributed by atoms with Gasteiger partial charge in [0.15, 0.2) is 5.78 Å². The molecule has 2 aromatic heterocycles. The minimum atomic E-state index is -0.337. The second kappa shape index (κ2) is 16.8. The first-order chi connectivity index (χ1) is 24.6. The molecule has 1 radical (unpaired) electrons. The van der Waals surface area contributed by atoms with Gasteiger partial charge in [0.1, 0.15) is 17.8 Å². The molecule has 6 heteroatoms. The summed E-state index contributed by atoms with van der Waals surface area (Å²) in [7, 11) is 0. The summed E-state index contributed by atoms with van der Waals surface area (Å²) in [5, 5.41) is 13.5. The molecule has 5 nitrogen and oxygen atoms in total. The first kappa shape index (κ1) is 42.1. The molecule has 0 amide bonds. The van der Waals surface area contributed by atoms with E-state index in [4.69, 9.17) is 9.40 Å². The Hall–Kier alpha value is -3.60. The Bertz CT molecular complexity index is 2090. The van der Waals surface area contributed by atoms with Crippen LogP contribution in [0.3, 0.4) is 0 Å². The van der Waals surface area contributed by atoms with Crippen molar-refractivity contribution in [2.45, 2.75) is 127 Å². The molecule has 0 unspecified atom stereocenters. The summed E-state index contributed by atoms with van der Waals surface area (Å²) in [6.45, 7) is 23.4. The van der Waals surface area contributed by atoms with Gasteiger partial charge in [-0.15, -0.1) is 29.1 Å². The Morgan fingerprint density at radius 3 is 2.19 bits per heavy atom. The molecule has 0 bridgehead atoms. The minimum Gasteiger partial charge on any atom is -0.512 e. The molecule has 53 heavy (non-hydrogen) atoms. The van der Waals surface area contributed by atoms with E-state index in [2.05, 4.69) is 94.2 Å². The summed E-state index contributed by atoms with van der Waals surface area (Å²) in [6, 6.07) is 21.3. The van der Waals surface area contributed by atoms with E-state index in [9.17, 15) is 9.90 Å². The number of aliphatic hydroxyl groups is 1. The van der Waals surface area contributed by atoms with E-state index in [0.29, 0.717) is 11.6 Å². The van der Waals surface area contributed by atoms with E-state index < -0.39 is 0 Å². The normalized spacial score (nSPS) is 13.3. The van der Waals surface area contributed by atoms with Crippen LogP contribution < -0.4 is 0 Å². The summed E-state index contributed by atoms with van der Waals surface area (Å²) < 4.78 is 6.46. The molecule has 0 saturated heterocycles. The molecule has 1 aliphatic rings. The number of rotatable bonds is 10. The first-order valence-electron chi connectivity index (χ1n) is 19.4. The Morgan fingerprint density at radius 2 is 1.57 bits per heavy atom. The van der Waals surface area contributed by atoms with Crippen LogP contribution in [0.1, 0.15) is 124 Å². The quantitative estimate of drug-likeness (QED) is 0.0859. The van der Waals surface area contributed by atoms with Crippen molar-refractivity contribution in [3.05, 3.63) is 95.0 Å². The zero-order valence-electron chi connectivity index (χ0n) is 33.8. The predicted molar refractivity (Wildman–Crippen MR) is 217 cm³/mol. The summed E-state index contributed by atoms with van der Waals surface area (Å²) in [4.78, 5) is 21.5. The van der Waals surface area contributed by atoms with Crippen LogP contribution in [0.15, 0.2) is 71.1 Å². The number of nitrogens with zero attached hydrogens (tertiary/aromatic N) is 2. The number of furan rings is 1. The number of carbonyl (C=O) groups is 1. The van der Waals surface area contributed by atoms with Crippen molar-refractivity contribution in [1.82, 2.24) is 9.97 Å². The number of allylic oxidation sites excluding steroid dienone is 2. The topological polar surface area (TPSA) is 76.2 Å². The second-order valence-corrected chi connectivity index (χ2v) is 16.7. The molecule has 5 aromatic rings. The van der Waals surface area contributed by atoms with Gasteiger partial charge in [-0.2, -0.15) is 0 Å². The van der Waals surface area contributed by atoms with Crippen LogP contribution in [0.4, 0.5) is 0 Å². The number of aliphatic hydroxyl groups excluding tert-OH is 1. The van der Waals surface area contributed by atoms with Gasteiger partial charge in [-0.05, 0) is 73.5 Å². The fourth-order valence-corrected chi connectivity index (χ4v) is 7.22. The molecule has 0 fully saturated rings. The number of hydrogen-bond acceptors (Lipinski definition) is 5. The van der Waals surface area contributed by atoms with Crippen LogP contribution in [-0.2, 0) is 49.6 Å². The number of aromatic nitrogens is 2. The summed E-state index contributed by atoms with van der Waals surface area (Å²) in [5.74, 6) is 1.86. The number of benzene rings is 3. The number of ketones is 1. The Kier molecular flexibility index (Phi) is 13.4. The first-order valence-corrected chi connectivity index (χ1v) is 19.4. The summed E-state index contributed by atoms with van der Waals surface area (Å²) in [6.07, 6.45) is 9.38. The number of aryl methyl sites for hydroxylation is 2. The zero-order chi connectivity index (χ0) is 38.0. The summed E-state index contributed by atoms with van der Waals surface area (Å²) >= 11 is 0. The van der Waals surface area contributed by atoms with Gasteiger partial charge in [0, 0.05) is 59.2 Å². The maximum atomic E-state index is 12.2. The number of carbonyl (C=O) groups excluding carboxylic acids is 1. The molecule has 0 aliphatic heterocycles. The van der Waals surface area contributed by atoms with Crippen LogP contribution in [0, 0.1) is 22.8 Å². The molecular weight excluding hydrogens is 833 g/mol. The molecular formula is C47H59IrN2O3-. The SMILES string of the molecule is CC(C)Cc1ccc2c(c1)-c1oc3ncnc(-c4[c-]c5ccccc5c(C(C)(C)C)c4)c3c1CC2.CCC(C)(CC)C(=O)/C=C(\O)C(C)(CC)CC.[Ir]. The van der Waals surface area contributed by atoms with Crippen LogP contribution in [0.25, 0.3) is 44.5 Å². The average Bonchev–Trinajstić information content (AvgIpc) is 3.53. The van der Waals surface area contributed by atoms with Gasteiger partial charge < -0.3 is 9.52 Å². The Balaban J connectivity index is 0.000000299. The molecule has 1 N–H and O–H groups in total. The third kappa shape index (κ3) is 8.71. The van der Waals surface area contributed by atoms with Gasteiger partial charge in [0.2, 0.25) is 5.71 Å². The van der Waals surface area contributed by atoms with E-state index in [1.54, 1.807) is 6.33 Å². The maximum absolute atomic E-state index is 12.2. The third-order valence-electron chi connectivity index (χ3n) is 11.7. The Labute approximate surface area is 331 Å². The number of fused-ring (bicyclic) bond motifs is 6. The van der Waals surface area contributed by atoms with E-state index in [1.165, 1.54) is 39.3 Å². The van der Waals surface area contributed by atoms with Gasteiger partial charge >= 0.3 is 0 Å². The van der Waals surface area contributed by atoms with Gasteiger partial charge in [-0.25, -0.2) is 4.98 Å². The monoisotopic (exact) mass is 892 g/mol. The average molecular weight is 892 g/mol. The standard InChI is InChI=1S/C32H31N2O.C15H28O2.Ir/c1-19(2)14-20-10-11-21-12-13-25-28-29(33-18-34-31(28)35-30(25)26(21)15-20)23-16-22-8-6-7-9-24(22)27(17-23)32(3,4)5;1-7-14(5,8-2)12(16)11-13(17)15(6,9-3)10-4;/h6-11,15,17-19H,12-14H2,1-5H3;11,16H,7-10H2,1-6H3;/q-1;;/b;12-11-;. The Morgan fingerprint density at radius 1 is 0.906 bits per heavy atom. The van der Waals surface area contributed by atoms with Gasteiger partial charge in [0.05, 0.1) is 0 Å². The molecule has 285 valence electrons. The van der Waals surface area contributed by atoms with Crippen LogP contribution in [0.2, 0.25) is 0 Å². The molecule has 2 heterocycles. The molecule has 0 spiro atoms. The van der Waals surface area contributed by atoms with Crippen molar-refractivity contribution >= 4 is 27.7 Å². The van der Waals surface area contributed by atoms with E-state index >= 15 is 0 Å². The van der Waals surface area contributed by atoms with Crippen LogP contribution in [-0.4, -0.2) is 20.9 Å². The largest absolute Gasteiger partial charge is 0.512 e. The van der Waals surface area contributed by atoms with Crippen molar-refractivity contribution in [1.29, 1.82) is 0 Å². The van der Waals surface area contributed by atoms with Crippen molar-refractivity contribution in [2.75, 3.05) is 0 Å². The van der Waals surface area contributed by atoms with Gasteiger partial charge in [0.25, 0.3) is 0 Å². The zero-order valence-corrected chi connectivity index (χ0v) is 36.2. The molecule has 1 aliphatic carbocycles. The minimum absolute atomic E-state index is 0. The molecule has 6 rings (SSSR count). The van der Waals surface area contributed by atoms with Crippen molar-refractivity contribution in [2.24, 2.45) is 16.7 Å². The van der Waals surface area contributed by atoms with E-state index in [0.717, 1.165) is 72.7 Å². The second-order valence-electron chi connectivity index (χ2n) is 16.7. The maximum Gasteiger partial charge on any atom is 0.223 e. The van der Waals surface area contributed by atoms with Crippen molar-refractivity contribution in [3.8, 4) is 22.6 Å². The molecule has 0 atom stereocenters. The molecule has 0 saturated carbocycles. The number of hydrogen-bond donors (Lipinski definition) is 1. The smallest absolute Gasteiger partial charge is 0.223 e. The fraction of sp³-hybridized carbons (Fsp3) is 0.468.